The fourth-order valence-corrected chi connectivity index (χ4v) is 11.8. The van der Waals surface area contributed by atoms with Crippen LogP contribution in [0.25, 0.3) is 41.3 Å². The predicted octanol–water partition coefficient (Wildman–Crippen LogP) is 9.53. The Bertz CT molecular complexity index is 1630. The second-order valence-corrected chi connectivity index (χ2v) is 20.6. The summed E-state index contributed by atoms with van der Waals surface area (Å²) in [6.45, 7) is 14.5. The zero-order valence-electron chi connectivity index (χ0n) is 23.2. The Hall–Kier alpha value is -2.19. The van der Waals surface area contributed by atoms with Gasteiger partial charge < -0.3 is 0 Å². The molecular weight excluding hydrogens is 529 g/mol. The van der Waals surface area contributed by atoms with Crippen molar-refractivity contribution in [2.45, 2.75) is 77.6 Å². The SMILES string of the molecule is Cc1c(CC2CC[Si](C)(C)CC2)ccc2c1[se]c1c(-c3cc(C(C)(C)C)c4ccccc4c3)nccc12. The molecule has 0 bridgehead atoms. The van der Waals surface area contributed by atoms with Gasteiger partial charge in [-0.05, 0) is 0 Å². The molecule has 3 aromatic carbocycles. The normalized spacial score (nSPS) is 16.7. The third-order valence-electron chi connectivity index (χ3n) is 8.83. The van der Waals surface area contributed by atoms with Crippen molar-refractivity contribution in [1.82, 2.24) is 4.98 Å². The van der Waals surface area contributed by atoms with Crippen molar-refractivity contribution in [3.8, 4) is 11.3 Å². The summed E-state index contributed by atoms with van der Waals surface area (Å²) in [4.78, 5) is 5.01. The topological polar surface area (TPSA) is 12.9 Å². The fourth-order valence-electron chi connectivity index (χ4n) is 6.41. The number of pyridine rings is 1. The van der Waals surface area contributed by atoms with Gasteiger partial charge in [-0.3, -0.25) is 0 Å². The summed E-state index contributed by atoms with van der Waals surface area (Å²) in [7, 11) is -0.899. The first kappa shape index (κ1) is 25.1. The molecule has 0 spiro atoms. The van der Waals surface area contributed by atoms with Crippen LogP contribution in [0.4, 0.5) is 0 Å². The molecule has 0 unspecified atom stereocenters. The number of hydrogen-bond donors (Lipinski definition) is 0. The molecule has 1 nitrogen and oxygen atoms in total. The first-order valence-electron chi connectivity index (χ1n) is 13.9. The van der Waals surface area contributed by atoms with E-state index < -0.39 is 8.07 Å². The minimum absolute atomic E-state index is 0.0734. The average Bonchev–Trinajstić information content (AvgIpc) is 3.25. The summed E-state index contributed by atoms with van der Waals surface area (Å²) >= 11 is 0.281. The van der Waals surface area contributed by atoms with Crippen molar-refractivity contribution >= 4 is 52.6 Å². The maximum atomic E-state index is 5.01. The van der Waals surface area contributed by atoms with Gasteiger partial charge in [0.25, 0.3) is 0 Å². The van der Waals surface area contributed by atoms with Crippen molar-refractivity contribution in [3.63, 3.8) is 0 Å². The number of aromatic nitrogens is 1. The molecule has 0 aliphatic carbocycles. The van der Waals surface area contributed by atoms with E-state index in [4.69, 9.17) is 4.98 Å². The monoisotopic (exact) mass is 569 g/mol. The molecule has 0 atom stereocenters. The van der Waals surface area contributed by atoms with Crippen LogP contribution in [-0.4, -0.2) is 27.6 Å². The van der Waals surface area contributed by atoms with E-state index in [1.807, 2.05) is 6.20 Å². The van der Waals surface area contributed by atoms with Crippen LogP contribution in [0.5, 0.6) is 0 Å². The molecule has 1 aliphatic rings. The van der Waals surface area contributed by atoms with Gasteiger partial charge in [-0.2, -0.15) is 0 Å². The van der Waals surface area contributed by atoms with Crippen LogP contribution in [0, 0.1) is 12.8 Å². The van der Waals surface area contributed by atoms with Crippen molar-refractivity contribution in [2.75, 3.05) is 0 Å². The Morgan fingerprint density at radius 2 is 1.62 bits per heavy atom. The first-order chi connectivity index (χ1) is 17.6. The van der Waals surface area contributed by atoms with Gasteiger partial charge in [0.2, 0.25) is 0 Å². The zero-order valence-corrected chi connectivity index (χ0v) is 26.0. The number of rotatable bonds is 3. The van der Waals surface area contributed by atoms with E-state index in [0.717, 1.165) is 5.92 Å². The number of hydrogen-bond acceptors (Lipinski definition) is 1. The molecule has 6 rings (SSSR count). The van der Waals surface area contributed by atoms with Crippen LogP contribution in [-0.2, 0) is 11.8 Å². The van der Waals surface area contributed by atoms with Gasteiger partial charge in [0.15, 0.2) is 0 Å². The fraction of sp³-hybridized carbons (Fsp3) is 0.382. The van der Waals surface area contributed by atoms with Crippen LogP contribution in [0.15, 0.2) is 60.8 Å². The summed E-state index contributed by atoms with van der Waals surface area (Å²) in [5.74, 6) is 0.874. The number of nitrogens with zero attached hydrogens (tertiary/aromatic N) is 1. The molecule has 37 heavy (non-hydrogen) atoms. The Morgan fingerprint density at radius 1 is 0.892 bits per heavy atom. The maximum absolute atomic E-state index is 5.01. The van der Waals surface area contributed by atoms with E-state index in [1.165, 1.54) is 74.0 Å². The Kier molecular flexibility index (Phi) is 6.26. The molecule has 1 saturated heterocycles. The second kappa shape index (κ2) is 9.22. The summed E-state index contributed by atoms with van der Waals surface area (Å²) < 4.78 is 3.06. The molecule has 3 heteroatoms. The molecule has 0 radical (unpaired) electrons. The van der Waals surface area contributed by atoms with E-state index in [2.05, 4.69) is 95.4 Å². The molecule has 1 fully saturated rings. The molecule has 0 saturated carbocycles. The van der Waals surface area contributed by atoms with Crippen molar-refractivity contribution < 1.29 is 0 Å². The van der Waals surface area contributed by atoms with Crippen LogP contribution >= 0.6 is 0 Å². The Morgan fingerprint density at radius 3 is 2.38 bits per heavy atom. The molecule has 0 amide bonds. The zero-order chi connectivity index (χ0) is 25.9. The van der Waals surface area contributed by atoms with Crippen LogP contribution in [0.3, 0.4) is 0 Å². The quantitative estimate of drug-likeness (QED) is 0.198. The van der Waals surface area contributed by atoms with Crippen molar-refractivity contribution in [1.29, 1.82) is 0 Å². The van der Waals surface area contributed by atoms with Gasteiger partial charge in [0, 0.05) is 0 Å². The van der Waals surface area contributed by atoms with Crippen LogP contribution < -0.4 is 0 Å². The summed E-state index contributed by atoms with van der Waals surface area (Å²) in [6, 6.07) is 23.8. The average molecular weight is 569 g/mol. The number of aryl methyl sites for hydroxylation is 1. The van der Waals surface area contributed by atoms with Gasteiger partial charge >= 0.3 is 230 Å². The van der Waals surface area contributed by atoms with Gasteiger partial charge in [-0.15, -0.1) is 0 Å². The van der Waals surface area contributed by atoms with Gasteiger partial charge in [0.1, 0.15) is 0 Å². The summed E-state index contributed by atoms with van der Waals surface area (Å²) in [5, 5.41) is 5.53. The molecule has 1 aliphatic heterocycles. The van der Waals surface area contributed by atoms with Gasteiger partial charge in [-0.1, -0.05) is 0 Å². The van der Waals surface area contributed by atoms with E-state index in [0.29, 0.717) is 0 Å². The van der Waals surface area contributed by atoms with Crippen LogP contribution in [0.1, 0.15) is 50.3 Å². The van der Waals surface area contributed by atoms with E-state index >= 15 is 0 Å². The van der Waals surface area contributed by atoms with Crippen molar-refractivity contribution in [3.05, 3.63) is 77.5 Å². The third kappa shape index (κ3) is 4.65. The van der Waals surface area contributed by atoms with E-state index in [9.17, 15) is 0 Å². The van der Waals surface area contributed by atoms with E-state index in [-0.39, 0.29) is 19.9 Å². The van der Waals surface area contributed by atoms with Crippen LogP contribution in [0.2, 0.25) is 25.2 Å². The standard InChI is InChI=1S/C34H39NSeSi/c1-22-24(19-23-14-17-37(5,6)18-15-23)11-12-28-29-13-16-35-31(33(29)36-32(22)28)26-20-25-9-7-8-10-27(25)30(21-26)34(2,3)4/h7-13,16,20-21,23H,14-15,17-19H2,1-6H3. The predicted molar refractivity (Wildman–Crippen MR) is 166 cm³/mol. The number of benzene rings is 3. The molecule has 5 aromatic rings. The molecule has 190 valence electrons. The summed E-state index contributed by atoms with van der Waals surface area (Å²) in [6.07, 6.45) is 6.17. The summed E-state index contributed by atoms with van der Waals surface area (Å²) in [5.41, 5.74) is 7.07. The van der Waals surface area contributed by atoms with E-state index in [1.54, 1.807) is 15.4 Å². The minimum atomic E-state index is -0.899. The van der Waals surface area contributed by atoms with Gasteiger partial charge in [-0.25, -0.2) is 0 Å². The molecule has 3 heterocycles. The van der Waals surface area contributed by atoms with Crippen molar-refractivity contribution in [2.24, 2.45) is 5.92 Å². The Balaban J connectivity index is 1.46. The van der Waals surface area contributed by atoms with Gasteiger partial charge in [0.05, 0.1) is 0 Å². The first-order valence-corrected chi connectivity index (χ1v) is 19.1. The molecular formula is C34H39NSeSi. The third-order valence-corrected chi connectivity index (χ3v) is 14.9. The second-order valence-electron chi connectivity index (χ2n) is 13.2. The Labute approximate surface area is 229 Å². The molecule has 2 aromatic heterocycles. The molecule has 0 N–H and O–H groups in total. The number of fused-ring (bicyclic) bond motifs is 4.